The van der Waals surface area contributed by atoms with E-state index in [1.54, 1.807) is 0 Å². The molecule has 0 bridgehead atoms. The molecule has 1 aromatic heterocycles. The van der Waals surface area contributed by atoms with Crippen molar-refractivity contribution in [3.8, 4) is 0 Å². The molecule has 0 radical (unpaired) electrons. The van der Waals surface area contributed by atoms with Crippen LogP contribution < -0.4 is 11.1 Å². The highest BCUT2D eigenvalue weighted by Gasteiger charge is 2.32. The van der Waals surface area contributed by atoms with Crippen LogP contribution in [0.5, 0.6) is 0 Å². The predicted molar refractivity (Wildman–Crippen MR) is 73.9 cm³/mol. The van der Waals surface area contributed by atoms with E-state index in [-0.39, 0.29) is 11.9 Å². The SMILES string of the molecule is CCCc1nc(C)c(C(=O)NC(CN)C2CC2)s1. The fourth-order valence-corrected chi connectivity index (χ4v) is 3.15. The molecule has 4 nitrogen and oxygen atoms in total. The first-order chi connectivity index (χ1) is 8.65. The summed E-state index contributed by atoms with van der Waals surface area (Å²) in [6.45, 7) is 4.54. The third-order valence-electron chi connectivity index (χ3n) is 3.27. The summed E-state index contributed by atoms with van der Waals surface area (Å²) in [7, 11) is 0. The monoisotopic (exact) mass is 267 g/mol. The number of carbonyl (C=O) groups excluding carboxylic acids is 1. The Balaban J connectivity index is 2.03. The van der Waals surface area contributed by atoms with Gasteiger partial charge in [0.05, 0.1) is 10.7 Å². The molecule has 1 aliphatic rings. The molecule has 1 heterocycles. The molecule has 0 spiro atoms. The minimum atomic E-state index is -0.00490. The van der Waals surface area contributed by atoms with Crippen LogP contribution in [0.4, 0.5) is 0 Å². The number of thiazole rings is 1. The third kappa shape index (κ3) is 3.09. The molecule has 1 amide bonds. The zero-order valence-electron chi connectivity index (χ0n) is 11.0. The Morgan fingerprint density at radius 1 is 1.61 bits per heavy atom. The van der Waals surface area contributed by atoms with E-state index < -0.39 is 0 Å². The van der Waals surface area contributed by atoms with Crippen LogP contribution in [-0.4, -0.2) is 23.5 Å². The van der Waals surface area contributed by atoms with Crippen molar-refractivity contribution in [1.29, 1.82) is 0 Å². The van der Waals surface area contributed by atoms with Crippen molar-refractivity contribution >= 4 is 17.2 Å². The van der Waals surface area contributed by atoms with Gasteiger partial charge in [0.1, 0.15) is 4.88 Å². The van der Waals surface area contributed by atoms with E-state index in [9.17, 15) is 4.79 Å². The smallest absolute Gasteiger partial charge is 0.263 e. The molecule has 1 aliphatic carbocycles. The van der Waals surface area contributed by atoms with Crippen LogP contribution in [0.2, 0.25) is 0 Å². The largest absolute Gasteiger partial charge is 0.347 e. The molecule has 18 heavy (non-hydrogen) atoms. The minimum absolute atomic E-state index is 0.00490. The van der Waals surface area contributed by atoms with Gasteiger partial charge in [0.2, 0.25) is 0 Å². The number of aryl methyl sites for hydroxylation is 2. The molecule has 1 fully saturated rings. The second-order valence-electron chi connectivity index (χ2n) is 4.93. The van der Waals surface area contributed by atoms with Gasteiger partial charge >= 0.3 is 0 Å². The molecule has 1 aromatic rings. The average molecular weight is 267 g/mol. The molecule has 100 valence electrons. The van der Waals surface area contributed by atoms with Crippen LogP contribution in [0.15, 0.2) is 0 Å². The highest BCUT2D eigenvalue weighted by molar-refractivity contribution is 7.13. The standard InChI is InChI=1S/C13H21N3OS/c1-3-4-11-15-8(2)12(18-11)13(17)16-10(7-14)9-5-6-9/h9-10H,3-7,14H2,1-2H3,(H,16,17). The number of rotatable bonds is 6. The van der Waals surface area contributed by atoms with Gasteiger partial charge in [-0.15, -0.1) is 11.3 Å². The van der Waals surface area contributed by atoms with Crippen molar-refractivity contribution in [1.82, 2.24) is 10.3 Å². The summed E-state index contributed by atoms with van der Waals surface area (Å²) < 4.78 is 0. The van der Waals surface area contributed by atoms with Crippen LogP contribution in [-0.2, 0) is 6.42 Å². The zero-order valence-corrected chi connectivity index (χ0v) is 11.8. The van der Waals surface area contributed by atoms with E-state index in [4.69, 9.17) is 5.73 Å². The normalized spacial score (nSPS) is 16.6. The lowest BCUT2D eigenvalue weighted by atomic mass is 10.2. The van der Waals surface area contributed by atoms with Crippen LogP contribution >= 0.6 is 11.3 Å². The lowest BCUT2D eigenvalue weighted by Gasteiger charge is -2.15. The number of hydrogen-bond acceptors (Lipinski definition) is 4. The molecule has 1 atom stereocenters. The van der Waals surface area contributed by atoms with Crippen molar-refractivity contribution < 1.29 is 4.79 Å². The van der Waals surface area contributed by atoms with Crippen LogP contribution in [0.3, 0.4) is 0 Å². The van der Waals surface area contributed by atoms with E-state index >= 15 is 0 Å². The van der Waals surface area contributed by atoms with Crippen LogP contribution in [0.1, 0.15) is 46.6 Å². The van der Waals surface area contributed by atoms with Gasteiger partial charge in [0.25, 0.3) is 5.91 Å². The van der Waals surface area contributed by atoms with Gasteiger partial charge in [-0.3, -0.25) is 4.79 Å². The second kappa shape index (κ2) is 5.80. The van der Waals surface area contributed by atoms with E-state index in [0.717, 1.165) is 28.4 Å². The molecule has 1 saturated carbocycles. The summed E-state index contributed by atoms with van der Waals surface area (Å²) in [6, 6.07) is 0.133. The van der Waals surface area contributed by atoms with Gasteiger partial charge in [-0.2, -0.15) is 0 Å². The van der Waals surface area contributed by atoms with Crippen molar-refractivity contribution in [2.45, 2.75) is 45.6 Å². The molecule has 0 saturated heterocycles. The predicted octanol–water partition coefficient (Wildman–Crippen LogP) is 1.87. The van der Waals surface area contributed by atoms with Crippen molar-refractivity contribution in [2.75, 3.05) is 6.54 Å². The van der Waals surface area contributed by atoms with Gasteiger partial charge in [-0.05, 0) is 38.5 Å². The molecule has 3 N–H and O–H groups in total. The quantitative estimate of drug-likeness (QED) is 0.827. The number of aromatic nitrogens is 1. The fourth-order valence-electron chi connectivity index (χ4n) is 2.09. The van der Waals surface area contributed by atoms with Gasteiger partial charge in [-0.1, -0.05) is 6.92 Å². The number of nitrogens with one attached hydrogen (secondary N) is 1. The Morgan fingerprint density at radius 2 is 2.33 bits per heavy atom. The average Bonchev–Trinajstić information content (AvgIpc) is 3.11. The molecule has 5 heteroatoms. The first kappa shape index (κ1) is 13.5. The van der Waals surface area contributed by atoms with Gasteiger partial charge in [-0.25, -0.2) is 4.98 Å². The molecular weight excluding hydrogens is 246 g/mol. The van der Waals surface area contributed by atoms with E-state index in [1.807, 2.05) is 6.92 Å². The Hall–Kier alpha value is -0.940. The summed E-state index contributed by atoms with van der Waals surface area (Å²) in [5, 5.41) is 4.10. The molecule has 0 aromatic carbocycles. The van der Waals surface area contributed by atoms with Gasteiger partial charge in [0.15, 0.2) is 0 Å². The molecule has 0 aliphatic heterocycles. The van der Waals surface area contributed by atoms with Crippen molar-refractivity contribution in [3.05, 3.63) is 15.6 Å². The summed E-state index contributed by atoms with van der Waals surface area (Å²) in [5.74, 6) is 0.581. The van der Waals surface area contributed by atoms with Gasteiger partial charge < -0.3 is 11.1 Å². The van der Waals surface area contributed by atoms with E-state index in [0.29, 0.717) is 12.5 Å². The fraction of sp³-hybridized carbons (Fsp3) is 0.692. The Morgan fingerprint density at radius 3 is 2.89 bits per heavy atom. The highest BCUT2D eigenvalue weighted by atomic mass is 32.1. The summed E-state index contributed by atoms with van der Waals surface area (Å²) in [5.41, 5.74) is 6.54. The lowest BCUT2D eigenvalue weighted by Crippen LogP contribution is -2.41. The van der Waals surface area contributed by atoms with Crippen LogP contribution in [0.25, 0.3) is 0 Å². The summed E-state index contributed by atoms with van der Waals surface area (Å²) in [4.78, 5) is 17.4. The molecule has 2 rings (SSSR count). The van der Waals surface area contributed by atoms with Crippen LogP contribution in [0, 0.1) is 12.8 Å². The first-order valence-electron chi connectivity index (χ1n) is 6.63. The highest BCUT2D eigenvalue weighted by Crippen LogP contribution is 2.32. The molecule has 1 unspecified atom stereocenters. The summed E-state index contributed by atoms with van der Waals surface area (Å²) >= 11 is 1.51. The van der Waals surface area contributed by atoms with E-state index in [1.165, 1.54) is 24.2 Å². The van der Waals surface area contributed by atoms with E-state index in [2.05, 4.69) is 17.2 Å². The first-order valence-corrected chi connectivity index (χ1v) is 7.44. The maximum Gasteiger partial charge on any atom is 0.263 e. The Bertz CT molecular complexity index is 426. The third-order valence-corrected chi connectivity index (χ3v) is 4.49. The van der Waals surface area contributed by atoms with Crippen molar-refractivity contribution in [2.24, 2.45) is 11.7 Å². The maximum atomic E-state index is 12.2. The summed E-state index contributed by atoms with van der Waals surface area (Å²) in [6.07, 6.45) is 4.37. The Kier molecular flexibility index (Phi) is 4.35. The number of nitrogens with two attached hydrogens (primary N) is 1. The lowest BCUT2D eigenvalue weighted by molar-refractivity contribution is 0.0937. The topological polar surface area (TPSA) is 68.0 Å². The minimum Gasteiger partial charge on any atom is -0.347 e. The number of amides is 1. The number of nitrogens with zero attached hydrogens (tertiary/aromatic N) is 1. The zero-order chi connectivity index (χ0) is 13.1. The Labute approximate surface area is 112 Å². The van der Waals surface area contributed by atoms with Crippen molar-refractivity contribution in [3.63, 3.8) is 0 Å². The van der Waals surface area contributed by atoms with Gasteiger partial charge in [0, 0.05) is 12.6 Å². The number of hydrogen-bond donors (Lipinski definition) is 2. The second-order valence-corrected chi connectivity index (χ2v) is 6.01. The maximum absolute atomic E-state index is 12.2. The molecular formula is C13H21N3OS. The number of carbonyl (C=O) groups is 1.